The normalized spacial score (nSPS) is 16.0. The van der Waals surface area contributed by atoms with Crippen LogP contribution in [0.25, 0.3) is 0 Å². The fourth-order valence-electron chi connectivity index (χ4n) is 3.34. The molecule has 0 radical (unpaired) electrons. The second-order valence-corrected chi connectivity index (χ2v) is 7.01. The number of amides is 2. The molecule has 2 aromatic rings. The highest BCUT2D eigenvalue weighted by Crippen LogP contribution is 2.30. The number of nitrogens with zero attached hydrogens (tertiary/aromatic N) is 1. The van der Waals surface area contributed by atoms with Crippen LogP contribution in [0.4, 0.5) is 11.4 Å². The molecule has 1 aliphatic heterocycles. The quantitative estimate of drug-likeness (QED) is 0.868. The first kappa shape index (κ1) is 18.1. The van der Waals surface area contributed by atoms with Crippen LogP contribution < -0.4 is 15.5 Å². The summed E-state index contributed by atoms with van der Waals surface area (Å²) in [6.45, 7) is 6.16. The summed E-state index contributed by atoms with van der Waals surface area (Å²) in [5, 5.41) is 6.27. The smallest absolute Gasteiger partial charge is 0.244 e. The third-order valence-electron chi connectivity index (χ3n) is 4.66. The lowest BCUT2D eigenvalue weighted by atomic mass is 9.95. The van der Waals surface area contributed by atoms with Crippen molar-refractivity contribution in [2.45, 2.75) is 32.9 Å². The molecular weight excluding hydrogens is 326 g/mol. The Hall–Kier alpha value is -2.66. The predicted molar refractivity (Wildman–Crippen MR) is 104 cm³/mol. The molecule has 26 heavy (non-hydrogen) atoms. The van der Waals surface area contributed by atoms with Gasteiger partial charge in [-0.15, -0.1) is 0 Å². The summed E-state index contributed by atoms with van der Waals surface area (Å²) in [5.41, 5.74) is 2.57. The molecular formula is C21H25N3O2. The third-order valence-corrected chi connectivity index (χ3v) is 4.66. The van der Waals surface area contributed by atoms with Gasteiger partial charge >= 0.3 is 0 Å². The maximum absolute atomic E-state index is 13.1. The molecule has 5 nitrogen and oxygen atoms in total. The van der Waals surface area contributed by atoms with Gasteiger partial charge in [0.15, 0.2) is 0 Å². The number of anilines is 2. The highest BCUT2D eigenvalue weighted by Gasteiger charge is 2.31. The Labute approximate surface area is 154 Å². The van der Waals surface area contributed by atoms with E-state index in [4.69, 9.17) is 0 Å². The Balaban J connectivity index is 1.80. The van der Waals surface area contributed by atoms with Crippen LogP contribution in [0.5, 0.6) is 0 Å². The van der Waals surface area contributed by atoms with E-state index in [2.05, 4.69) is 36.6 Å². The maximum Gasteiger partial charge on any atom is 0.244 e. The van der Waals surface area contributed by atoms with Crippen molar-refractivity contribution in [1.82, 2.24) is 5.32 Å². The largest absolute Gasteiger partial charge is 0.323 e. The molecule has 136 valence electrons. The van der Waals surface area contributed by atoms with Crippen molar-refractivity contribution in [2.24, 2.45) is 5.92 Å². The molecule has 0 saturated carbocycles. The summed E-state index contributed by atoms with van der Waals surface area (Å²) >= 11 is 0. The molecule has 3 rings (SSSR count). The molecule has 2 aromatic carbocycles. The topological polar surface area (TPSA) is 61.4 Å². The Morgan fingerprint density at radius 2 is 1.69 bits per heavy atom. The van der Waals surface area contributed by atoms with Crippen molar-refractivity contribution in [3.63, 3.8) is 0 Å². The van der Waals surface area contributed by atoms with Crippen molar-refractivity contribution >= 4 is 23.2 Å². The van der Waals surface area contributed by atoms with Crippen LogP contribution >= 0.6 is 0 Å². The molecule has 0 unspecified atom stereocenters. The number of carbonyl (C=O) groups excluding carboxylic acids is 2. The first-order chi connectivity index (χ1) is 12.5. The summed E-state index contributed by atoms with van der Waals surface area (Å²) in [7, 11) is 0. The number of hydrogen-bond donors (Lipinski definition) is 2. The minimum Gasteiger partial charge on any atom is -0.323 e. The summed E-state index contributed by atoms with van der Waals surface area (Å²) in [6, 6.07) is 17.2. The van der Waals surface area contributed by atoms with Gasteiger partial charge in [0.1, 0.15) is 6.54 Å². The summed E-state index contributed by atoms with van der Waals surface area (Å²) < 4.78 is 0. The van der Waals surface area contributed by atoms with Gasteiger partial charge in [-0.1, -0.05) is 56.3 Å². The molecule has 0 aromatic heterocycles. The predicted octanol–water partition coefficient (Wildman–Crippen LogP) is 3.35. The second kappa shape index (κ2) is 7.70. The Morgan fingerprint density at radius 1 is 1.04 bits per heavy atom. The number of para-hydroxylation sites is 2. The van der Waals surface area contributed by atoms with Crippen molar-refractivity contribution in [3.05, 3.63) is 60.2 Å². The second-order valence-electron chi connectivity index (χ2n) is 7.01. The Bertz CT molecular complexity index is 789. The van der Waals surface area contributed by atoms with Gasteiger partial charge < -0.3 is 5.32 Å². The zero-order chi connectivity index (χ0) is 18.7. The maximum atomic E-state index is 13.1. The van der Waals surface area contributed by atoms with Gasteiger partial charge in [0, 0.05) is 6.04 Å². The number of rotatable bonds is 5. The third kappa shape index (κ3) is 3.78. The lowest BCUT2D eigenvalue weighted by molar-refractivity contribution is -0.123. The molecule has 5 heteroatoms. The number of nitrogens with one attached hydrogen (secondary N) is 2. The minimum absolute atomic E-state index is 0.0412. The van der Waals surface area contributed by atoms with Crippen molar-refractivity contribution in [1.29, 1.82) is 0 Å². The van der Waals surface area contributed by atoms with Crippen LogP contribution in [0.2, 0.25) is 0 Å². The van der Waals surface area contributed by atoms with Crippen molar-refractivity contribution in [2.75, 3.05) is 16.8 Å². The monoisotopic (exact) mass is 351 g/mol. The Morgan fingerprint density at radius 3 is 2.38 bits per heavy atom. The van der Waals surface area contributed by atoms with Gasteiger partial charge in [-0.2, -0.15) is 0 Å². The first-order valence-electron chi connectivity index (χ1n) is 8.98. The molecule has 1 aliphatic rings. The van der Waals surface area contributed by atoms with Gasteiger partial charge in [-0.05, 0) is 30.5 Å². The van der Waals surface area contributed by atoms with Gasteiger partial charge in [-0.25, -0.2) is 0 Å². The molecule has 0 spiro atoms. The number of fused-ring (bicyclic) bond motifs is 1. The first-order valence-corrected chi connectivity index (χ1v) is 8.98. The van der Waals surface area contributed by atoms with Gasteiger partial charge in [0.05, 0.1) is 17.4 Å². The molecule has 1 heterocycles. The molecule has 0 fully saturated rings. The van der Waals surface area contributed by atoms with Crippen molar-refractivity contribution in [3.8, 4) is 0 Å². The lowest BCUT2D eigenvalue weighted by Crippen LogP contribution is -2.51. The minimum atomic E-state index is -0.415. The summed E-state index contributed by atoms with van der Waals surface area (Å²) in [4.78, 5) is 26.6. The van der Waals surface area contributed by atoms with E-state index >= 15 is 0 Å². The lowest BCUT2D eigenvalue weighted by Gasteiger charge is -2.33. The zero-order valence-corrected chi connectivity index (χ0v) is 15.4. The van der Waals surface area contributed by atoms with E-state index < -0.39 is 6.04 Å². The molecule has 2 amide bonds. The van der Waals surface area contributed by atoms with Gasteiger partial charge in [0.2, 0.25) is 11.8 Å². The van der Waals surface area contributed by atoms with E-state index in [1.165, 1.54) is 0 Å². The van der Waals surface area contributed by atoms with Gasteiger partial charge in [0.25, 0.3) is 0 Å². The summed E-state index contributed by atoms with van der Waals surface area (Å²) in [5.74, 6) is 0.0474. The SMILES string of the molecule is CC(C)[C@H](N[C@@H](C)C(=O)N1CC(=O)Nc2ccccc21)c1ccccc1. The van der Waals surface area contributed by atoms with E-state index in [0.29, 0.717) is 11.6 Å². The van der Waals surface area contributed by atoms with Crippen molar-refractivity contribution < 1.29 is 9.59 Å². The van der Waals surface area contributed by atoms with Crippen LogP contribution in [0, 0.1) is 5.92 Å². The Kier molecular flexibility index (Phi) is 5.38. The standard InChI is InChI=1S/C21H25N3O2/c1-14(2)20(16-9-5-4-6-10-16)22-15(3)21(26)24-13-19(25)23-17-11-7-8-12-18(17)24/h4-12,14-15,20,22H,13H2,1-3H3,(H,23,25)/t15-,20-/m0/s1. The number of hydrogen-bond acceptors (Lipinski definition) is 3. The van der Waals surface area contributed by atoms with E-state index in [1.807, 2.05) is 49.4 Å². The van der Waals surface area contributed by atoms with Crippen LogP contribution in [-0.4, -0.2) is 24.4 Å². The zero-order valence-electron chi connectivity index (χ0n) is 15.4. The summed E-state index contributed by atoms with van der Waals surface area (Å²) in [6.07, 6.45) is 0. The molecule has 0 aliphatic carbocycles. The van der Waals surface area contributed by atoms with Crippen LogP contribution in [-0.2, 0) is 9.59 Å². The van der Waals surface area contributed by atoms with Crippen LogP contribution in [0.3, 0.4) is 0 Å². The van der Waals surface area contributed by atoms with Crippen LogP contribution in [0.15, 0.2) is 54.6 Å². The average molecular weight is 351 g/mol. The molecule has 0 bridgehead atoms. The molecule has 2 N–H and O–H groups in total. The average Bonchev–Trinajstić information content (AvgIpc) is 2.65. The molecule has 2 atom stereocenters. The van der Waals surface area contributed by atoms with Gasteiger partial charge in [-0.3, -0.25) is 19.8 Å². The van der Waals surface area contributed by atoms with E-state index in [1.54, 1.807) is 4.90 Å². The highest BCUT2D eigenvalue weighted by atomic mass is 16.2. The number of carbonyl (C=O) groups is 2. The van der Waals surface area contributed by atoms with E-state index in [9.17, 15) is 9.59 Å². The van der Waals surface area contributed by atoms with Crippen LogP contribution in [0.1, 0.15) is 32.4 Å². The van der Waals surface area contributed by atoms with E-state index in [-0.39, 0.29) is 24.4 Å². The van der Waals surface area contributed by atoms with E-state index in [0.717, 1.165) is 11.3 Å². The fraction of sp³-hybridized carbons (Fsp3) is 0.333. The highest BCUT2D eigenvalue weighted by molar-refractivity contribution is 6.11. The molecule has 0 saturated heterocycles. The fourth-order valence-corrected chi connectivity index (χ4v) is 3.34. The number of benzene rings is 2.